The lowest BCUT2D eigenvalue weighted by Gasteiger charge is -2.38. The molecule has 2 heterocycles. The van der Waals surface area contributed by atoms with Crippen LogP contribution in [0.15, 0.2) is 48.8 Å². The van der Waals surface area contributed by atoms with E-state index in [1.807, 2.05) is 17.0 Å². The summed E-state index contributed by atoms with van der Waals surface area (Å²) in [7, 11) is 0. The van der Waals surface area contributed by atoms with Gasteiger partial charge in [0.15, 0.2) is 6.61 Å². The fourth-order valence-electron chi connectivity index (χ4n) is 4.43. The zero-order valence-corrected chi connectivity index (χ0v) is 20.8. The summed E-state index contributed by atoms with van der Waals surface area (Å²) in [6, 6.07) is 10.9. The van der Waals surface area contributed by atoms with Crippen molar-refractivity contribution in [1.82, 2.24) is 14.8 Å². The highest BCUT2D eigenvalue weighted by Crippen LogP contribution is 2.23. The van der Waals surface area contributed by atoms with Gasteiger partial charge in [0, 0.05) is 43.1 Å². The van der Waals surface area contributed by atoms with E-state index in [1.54, 1.807) is 48.5 Å². The topological polar surface area (TPSA) is 89.0 Å². The number of piperidine rings is 1. The molecule has 2 amide bonds. The van der Waals surface area contributed by atoms with Crippen LogP contribution >= 0.6 is 0 Å². The van der Waals surface area contributed by atoms with E-state index in [-0.39, 0.29) is 49.4 Å². The lowest BCUT2D eigenvalue weighted by atomic mass is 9.97. The predicted molar refractivity (Wildman–Crippen MR) is 132 cm³/mol. The number of aromatic nitrogens is 1. The van der Waals surface area contributed by atoms with Gasteiger partial charge in [0.05, 0.1) is 13.0 Å². The highest BCUT2D eigenvalue weighted by atomic mass is 16.5. The molecule has 1 fully saturated rings. The van der Waals surface area contributed by atoms with Crippen LogP contribution < -0.4 is 4.74 Å². The maximum absolute atomic E-state index is 13.2. The number of nitrogens with zero attached hydrogens (tertiary/aromatic N) is 3. The highest BCUT2D eigenvalue weighted by molar-refractivity contribution is 5.94. The largest absolute Gasteiger partial charge is 0.484 e. The number of carbonyl (C=O) groups is 3. The standard InChI is InChI=1S/C27H35N3O5/c1-4-34-26(32)14-16-29(18-22-9-6-15-28-17-22)27(33)23-10-12-24(13-11-23)35-19-25(31)30-20(2)7-5-8-21(30)3/h6,9-13,15,17,20-21H,4-5,7-8,14,16,18-19H2,1-3H3. The van der Waals surface area contributed by atoms with E-state index in [4.69, 9.17) is 9.47 Å². The summed E-state index contributed by atoms with van der Waals surface area (Å²) in [6.07, 6.45) is 6.64. The third-order valence-electron chi connectivity index (χ3n) is 6.22. The molecule has 1 saturated heterocycles. The number of hydrogen-bond donors (Lipinski definition) is 0. The van der Waals surface area contributed by atoms with Gasteiger partial charge in [-0.15, -0.1) is 0 Å². The summed E-state index contributed by atoms with van der Waals surface area (Å²) in [5.41, 5.74) is 1.33. The van der Waals surface area contributed by atoms with Crippen molar-refractivity contribution in [2.75, 3.05) is 19.8 Å². The third-order valence-corrected chi connectivity index (χ3v) is 6.22. The van der Waals surface area contributed by atoms with Gasteiger partial charge in [-0.05, 0) is 75.9 Å². The molecule has 2 atom stereocenters. The average molecular weight is 482 g/mol. The van der Waals surface area contributed by atoms with E-state index in [9.17, 15) is 14.4 Å². The first-order chi connectivity index (χ1) is 16.9. The quantitative estimate of drug-likeness (QED) is 0.479. The van der Waals surface area contributed by atoms with E-state index in [2.05, 4.69) is 18.8 Å². The molecule has 1 aromatic heterocycles. The molecule has 0 bridgehead atoms. The molecule has 0 N–H and O–H groups in total. The van der Waals surface area contributed by atoms with E-state index in [0.717, 1.165) is 24.8 Å². The Labute approximate surface area is 207 Å². The fourth-order valence-corrected chi connectivity index (χ4v) is 4.43. The van der Waals surface area contributed by atoms with Gasteiger partial charge in [0.1, 0.15) is 5.75 Å². The van der Waals surface area contributed by atoms with E-state index < -0.39 is 0 Å². The minimum absolute atomic E-state index is 0.0218. The van der Waals surface area contributed by atoms with Crippen molar-refractivity contribution < 1.29 is 23.9 Å². The Morgan fingerprint density at radius 3 is 2.43 bits per heavy atom. The van der Waals surface area contributed by atoms with Crippen molar-refractivity contribution in [2.45, 2.75) is 65.1 Å². The molecule has 0 radical (unpaired) electrons. The van der Waals surface area contributed by atoms with Crippen LogP contribution in [0.4, 0.5) is 0 Å². The average Bonchev–Trinajstić information content (AvgIpc) is 2.86. The van der Waals surface area contributed by atoms with Crippen LogP contribution in [0, 0.1) is 0 Å². The van der Waals surface area contributed by atoms with Gasteiger partial charge in [-0.1, -0.05) is 6.07 Å². The second-order valence-corrected chi connectivity index (χ2v) is 8.89. The van der Waals surface area contributed by atoms with E-state index in [0.29, 0.717) is 24.5 Å². The fraction of sp³-hybridized carbons (Fsp3) is 0.481. The number of esters is 1. The van der Waals surface area contributed by atoms with Crippen LogP contribution in [0.25, 0.3) is 0 Å². The molecule has 0 aliphatic carbocycles. The van der Waals surface area contributed by atoms with Crippen LogP contribution in [-0.4, -0.2) is 64.4 Å². The second-order valence-electron chi connectivity index (χ2n) is 8.89. The Hall–Kier alpha value is -3.42. The zero-order chi connectivity index (χ0) is 25.2. The first-order valence-corrected chi connectivity index (χ1v) is 12.3. The molecule has 2 unspecified atom stereocenters. The van der Waals surface area contributed by atoms with E-state index >= 15 is 0 Å². The normalized spacial score (nSPS) is 17.5. The summed E-state index contributed by atoms with van der Waals surface area (Å²) in [5.74, 6) is -0.0528. The van der Waals surface area contributed by atoms with Gasteiger partial charge in [0.2, 0.25) is 0 Å². The number of carbonyl (C=O) groups excluding carboxylic acids is 3. The molecular formula is C27H35N3O5. The first-order valence-electron chi connectivity index (χ1n) is 12.3. The molecule has 188 valence electrons. The van der Waals surface area contributed by atoms with Gasteiger partial charge in [-0.25, -0.2) is 0 Å². The number of likely N-dealkylation sites (tertiary alicyclic amines) is 1. The van der Waals surface area contributed by atoms with Gasteiger partial charge in [-0.2, -0.15) is 0 Å². The number of ether oxygens (including phenoxy) is 2. The molecule has 8 nitrogen and oxygen atoms in total. The molecule has 8 heteroatoms. The van der Waals surface area contributed by atoms with Crippen LogP contribution in [0.3, 0.4) is 0 Å². The van der Waals surface area contributed by atoms with Crippen molar-refractivity contribution in [3.63, 3.8) is 0 Å². The summed E-state index contributed by atoms with van der Waals surface area (Å²) in [6.45, 7) is 6.72. The lowest BCUT2D eigenvalue weighted by molar-refractivity contribution is -0.143. The molecule has 0 saturated carbocycles. The second kappa shape index (κ2) is 12.9. The van der Waals surface area contributed by atoms with Gasteiger partial charge >= 0.3 is 5.97 Å². The number of amides is 2. The third kappa shape index (κ3) is 7.53. The van der Waals surface area contributed by atoms with Crippen LogP contribution in [-0.2, 0) is 20.9 Å². The Kier molecular flexibility index (Phi) is 9.64. The van der Waals surface area contributed by atoms with Gasteiger partial charge in [0.25, 0.3) is 11.8 Å². The van der Waals surface area contributed by atoms with Crippen LogP contribution in [0.1, 0.15) is 62.4 Å². The highest BCUT2D eigenvalue weighted by Gasteiger charge is 2.29. The summed E-state index contributed by atoms with van der Waals surface area (Å²) >= 11 is 0. The Morgan fingerprint density at radius 2 is 1.80 bits per heavy atom. The van der Waals surface area contributed by atoms with E-state index in [1.165, 1.54) is 0 Å². The van der Waals surface area contributed by atoms with Crippen LogP contribution in [0.2, 0.25) is 0 Å². The van der Waals surface area contributed by atoms with Crippen molar-refractivity contribution in [3.8, 4) is 5.75 Å². The summed E-state index contributed by atoms with van der Waals surface area (Å²) in [4.78, 5) is 45.4. The number of benzene rings is 1. The molecule has 1 aliphatic rings. The van der Waals surface area contributed by atoms with Crippen molar-refractivity contribution >= 4 is 17.8 Å². The van der Waals surface area contributed by atoms with Gasteiger partial charge < -0.3 is 19.3 Å². The molecule has 3 rings (SSSR count). The summed E-state index contributed by atoms with van der Waals surface area (Å²) in [5, 5.41) is 0. The maximum Gasteiger partial charge on any atom is 0.307 e. The molecule has 1 aromatic carbocycles. The molecule has 2 aromatic rings. The number of hydrogen-bond acceptors (Lipinski definition) is 6. The lowest BCUT2D eigenvalue weighted by Crippen LogP contribution is -2.49. The zero-order valence-electron chi connectivity index (χ0n) is 20.8. The molecule has 35 heavy (non-hydrogen) atoms. The maximum atomic E-state index is 13.2. The van der Waals surface area contributed by atoms with Crippen molar-refractivity contribution in [3.05, 3.63) is 59.9 Å². The molecule has 0 spiro atoms. The SMILES string of the molecule is CCOC(=O)CCN(Cc1cccnc1)C(=O)c1ccc(OCC(=O)N2C(C)CCCC2C)cc1. The number of rotatable bonds is 10. The van der Waals surface area contributed by atoms with Crippen molar-refractivity contribution in [1.29, 1.82) is 0 Å². The van der Waals surface area contributed by atoms with Gasteiger partial charge in [-0.3, -0.25) is 19.4 Å². The first kappa shape index (κ1) is 26.2. The predicted octanol–water partition coefficient (Wildman–Crippen LogP) is 3.85. The molecular weight excluding hydrogens is 446 g/mol. The van der Waals surface area contributed by atoms with Crippen molar-refractivity contribution in [2.24, 2.45) is 0 Å². The Morgan fingerprint density at radius 1 is 1.09 bits per heavy atom. The smallest absolute Gasteiger partial charge is 0.307 e. The Bertz CT molecular complexity index is 970. The molecule has 1 aliphatic heterocycles. The minimum Gasteiger partial charge on any atom is -0.484 e. The summed E-state index contributed by atoms with van der Waals surface area (Å²) < 4.78 is 10.7. The van der Waals surface area contributed by atoms with Crippen LogP contribution in [0.5, 0.6) is 5.75 Å². The number of pyridine rings is 1. The minimum atomic E-state index is -0.345. The monoisotopic (exact) mass is 481 g/mol. The Balaban J connectivity index is 1.62.